The molecule has 0 unspecified atom stereocenters. The van der Waals surface area contributed by atoms with E-state index in [1.807, 2.05) is 6.07 Å². The van der Waals surface area contributed by atoms with Crippen molar-refractivity contribution in [2.24, 2.45) is 0 Å². The van der Waals surface area contributed by atoms with Crippen LogP contribution in [0.5, 0.6) is 0 Å². The number of fused-ring (bicyclic) bond motifs is 1. The third-order valence-electron chi connectivity index (χ3n) is 4.49. The van der Waals surface area contributed by atoms with Crippen molar-refractivity contribution in [2.45, 2.75) is 32.6 Å². The molecule has 1 aliphatic rings. The minimum Gasteiger partial charge on any atom is -0.462 e. The van der Waals surface area contributed by atoms with Crippen LogP contribution in [0, 0.1) is 11.3 Å². The smallest absolute Gasteiger partial charge is 0.341 e. The zero-order valence-corrected chi connectivity index (χ0v) is 16.8. The quantitative estimate of drug-likeness (QED) is 0.729. The molecule has 1 aromatic carbocycles. The summed E-state index contributed by atoms with van der Waals surface area (Å²) in [4.78, 5) is 37.9. The molecule has 0 fully saturated rings. The summed E-state index contributed by atoms with van der Waals surface area (Å²) in [5.41, 5.74) is 2.03. The number of hydrogen-bond acceptors (Lipinski definition) is 7. The van der Waals surface area contributed by atoms with Gasteiger partial charge in [0.05, 0.1) is 29.4 Å². The Labute approximate surface area is 172 Å². The number of carbonyl (C=O) groups excluding carboxylic acids is 3. The van der Waals surface area contributed by atoms with E-state index in [9.17, 15) is 14.4 Å². The van der Waals surface area contributed by atoms with Gasteiger partial charge in [-0.3, -0.25) is 4.79 Å². The second-order valence-corrected chi connectivity index (χ2v) is 7.55. The average molecular weight is 412 g/mol. The van der Waals surface area contributed by atoms with Crippen LogP contribution in [0.4, 0.5) is 5.00 Å². The number of nitrogens with zero attached hydrogens (tertiary/aromatic N) is 1. The van der Waals surface area contributed by atoms with E-state index in [-0.39, 0.29) is 12.2 Å². The number of carbonyl (C=O) groups is 3. The first kappa shape index (κ1) is 20.6. The molecular formula is C21H20N2O5S. The van der Waals surface area contributed by atoms with Gasteiger partial charge in [0.25, 0.3) is 5.91 Å². The fraction of sp³-hybridized carbons (Fsp3) is 0.333. The Kier molecular flexibility index (Phi) is 6.62. The molecule has 1 heterocycles. The van der Waals surface area contributed by atoms with Crippen LogP contribution >= 0.6 is 11.3 Å². The fourth-order valence-electron chi connectivity index (χ4n) is 3.13. The predicted molar refractivity (Wildman–Crippen MR) is 107 cm³/mol. The van der Waals surface area contributed by atoms with Gasteiger partial charge in [-0.25, -0.2) is 9.59 Å². The number of rotatable bonds is 6. The molecule has 1 N–H and O–H groups in total. The molecule has 29 heavy (non-hydrogen) atoms. The van der Waals surface area contributed by atoms with Crippen LogP contribution in [0.15, 0.2) is 24.3 Å². The Morgan fingerprint density at radius 1 is 1.10 bits per heavy atom. The summed E-state index contributed by atoms with van der Waals surface area (Å²) in [5.74, 6) is -1.64. The van der Waals surface area contributed by atoms with Crippen molar-refractivity contribution in [2.75, 3.05) is 18.5 Å². The summed E-state index contributed by atoms with van der Waals surface area (Å²) >= 11 is 1.38. The number of thiophene rings is 1. The first-order chi connectivity index (χ1) is 14.0. The number of ether oxygens (including phenoxy) is 2. The van der Waals surface area contributed by atoms with Crippen molar-refractivity contribution in [3.05, 3.63) is 51.4 Å². The van der Waals surface area contributed by atoms with Gasteiger partial charge in [-0.2, -0.15) is 5.26 Å². The summed E-state index contributed by atoms with van der Waals surface area (Å²) in [6, 6.07) is 7.89. The van der Waals surface area contributed by atoms with Crippen molar-refractivity contribution < 1.29 is 23.9 Å². The molecule has 1 aliphatic carbocycles. The lowest BCUT2D eigenvalue weighted by molar-refractivity contribution is -0.119. The van der Waals surface area contributed by atoms with Crippen LogP contribution in [0.25, 0.3) is 0 Å². The molecule has 1 amide bonds. The lowest BCUT2D eigenvalue weighted by Crippen LogP contribution is -2.22. The maximum absolute atomic E-state index is 12.4. The predicted octanol–water partition coefficient (Wildman–Crippen LogP) is 3.47. The number of anilines is 1. The summed E-state index contributed by atoms with van der Waals surface area (Å²) in [6.45, 7) is 1.50. The zero-order chi connectivity index (χ0) is 20.8. The molecule has 0 bridgehead atoms. The minimum atomic E-state index is -0.666. The largest absolute Gasteiger partial charge is 0.462 e. The van der Waals surface area contributed by atoms with E-state index < -0.39 is 24.5 Å². The molecule has 150 valence electrons. The Hall–Kier alpha value is -3.18. The third kappa shape index (κ3) is 4.81. The maximum atomic E-state index is 12.4. The van der Waals surface area contributed by atoms with Gasteiger partial charge in [0.15, 0.2) is 6.61 Å². The lowest BCUT2D eigenvalue weighted by atomic mass is 9.95. The van der Waals surface area contributed by atoms with E-state index in [2.05, 4.69) is 5.32 Å². The maximum Gasteiger partial charge on any atom is 0.341 e. The number of nitriles is 1. The van der Waals surface area contributed by atoms with Crippen molar-refractivity contribution in [3.63, 3.8) is 0 Å². The molecule has 1 aromatic heterocycles. The van der Waals surface area contributed by atoms with Crippen molar-refractivity contribution in [3.8, 4) is 6.07 Å². The number of benzene rings is 1. The summed E-state index contributed by atoms with van der Waals surface area (Å²) in [7, 11) is 0. The highest BCUT2D eigenvalue weighted by Gasteiger charge is 2.27. The van der Waals surface area contributed by atoms with Gasteiger partial charge in [0.2, 0.25) is 0 Å². The number of nitrogens with one attached hydrogen (secondary N) is 1. The van der Waals surface area contributed by atoms with E-state index in [4.69, 9.17) is 14.7 Å². The molecule has 2 aromatic rings. The lowest BCUT2D eigenvalue weighted by Gasteiger charge is -2.12. The second-order valence-electron chi connectivity index (χ2n) is 6.45. The van der Waals surface area contributed by atoms with E-state index in [1.165, 1.54) is 35.6 Å². The second kappa shape index (κ2) is 9.34. The normalized spacial score (nSPS) is 12.4. The van der Waals surface area contributed by atoms with Crippen LogP contribution in [0.2, 0.25) is 0 Å². The molecule has 0 saturated carbocycles. The molecule has 0 atom stereocenters. The third-order valence-corrected chi connectivity index (χ3v) is 5.70. The molecule has 0 aliphatic heterocycles. The van der Waals surface area contributed by atoms with Gasteiger partial charge < -0.3 is 14.8 Å². The standard InChI is InChI=1S/C21H20N2O5S/c1-2-27-21(26)18-15-5-3-4-6-16(15)29-19(18)23-17(24)12-28-20(25)14-9-7-13(11-22)8-10-14/h7-10H,2-6,12H2,1H3,(H,23,24). The monoisotopic (exact) mass is 412 g/mol. The van der Waals surface area contributed by atoms with Crippen molar-refractivity contribution in [1.82, 2.24) is 0 Å². The van der Waals surface area contributed by atoms with Gasteiger partial charge in [-0.1, -0.05) is 0 Å². The fourth-order valence-corrected chi connectivity index (χ4v) is 4.42. The van der Waals surface area contributed by atoms with E-state index >= 15 is 0 Å². The van der Waals surface area contributed by atoms with Gasteiger partial charge in [-0.05, 0) is 62.4 Å². The molecule has 3 rings (SSSR count). The van der Waals surface area contributed by atoms with Crippen LogP contribution in [0.1, 0.15) is 56.5 Å². The Morgan fingerprint density at radius 3 is 2.52 bits per heavy atom. The number of amides is 1. The van der Waals surface area contributed by atoms with Crippen LogP contribution in [-0.2, 0) is 27.1 Å². The molecule has 7 nitrogen and oxygen atoms in total. The van der Waals surface area contributed by atoms with Gasteiger partial charge >= 0.3 is 11.9 Å². The number of hydrogen-bond donors (Lipinski definition) is 1. The summed E-state index contributed by atoms with van der Waals surface area (Å²) < 4.78 is 10.2. The van der Waals surface area contributed by atoms with Gasteiger partial charge in [0, 0.05) is 4.88 Å². The van der Waals surface area contributed by atoms with Crippen LogP contribution < -0.4 is 5.32 Å². The molecular weight excluding hydrogens is 392 g/mol. The molecule has 0 radical (unpaired) electrons. The summed E-state index contributed by atoms with van der Waals surface area (Å²) in [6.07, 6.45) is 3.69. The molecule has 0 spiro atoms. The summed E-state index contributed by atoms with van der Waals surface area (Å²) in [5, 5.41) is 11.9. The van der Waals surface area contributed by atoms with Gasteiger partial charge in [-0.15, -0.1) is 11.3 Å². The van der Waals surface area contributed by atoms with E-state index in [0.717, 1.165) is 36.1 Å². The Balaban J connectivity index is 1.67. The number of aryl methyl sites for hydroxylation is 1. The SMILES string of the molecule is CCOC(=O)c1c(NC(=O)COC(=O)c2ccc(C#N)cc2)sc2c1CCCC2. The van der Waals surface area contributed by atoms with Crippen molar-refractivity contribution in [1.29, 1.82) is 5.26 Å². The molecule has 8 heteroatoms. The highest BCUT2D eigenvalue weighted by Crippen LogP contribution is 2.38. The van der Waals surface area contributed by atoms with Crippen LogP contribution in [-0.4, -0.2) is 31.1 Å². The minimum absolute atomic E-state index is 0.246. The van der Waals surface area contributed by atoms with E-state index in [1.54, 1.807) is 6.92 Å². The average Bonchev–Trinajstić information content (AvgIpc) is 3.10. The topological polar surface area (TPSA) is 105 Å². The number of esters is 2. The van der Waals surface area contributed by atoms with Gasteiger partial charge in [0.1, 0.15) is 5.00 Å². The van der Waals surface area contributed by atoms with Crippen molar-refractivity contribution >= 4 is 34.2 Å². The first-order valence-electron chi connectivity index (χ1n) is 9.32. The Morgan fingerprint density at radius 2 is 1.83 bits per heavy atom. The van der Waals surface area contributed by atoms with Crippen LogP contribution in [0.3, 0.4) is 0 Å². The van der Waals surface area contributed by atoms with E-state index in [0.29, 0.717) is 16.1 Å². The highest BCUT2D eigenvalue weighted by atomic mass is 32.1. The molecule has 0 saturated heterocycles. The zero-order valence-electron chi connectivity index (χ0n) is 15.9. The first-order valence-corrected chi connectivity index (χ1v) is 10.1. The highest BCUT2D eigenvalue weighted by molar-refractivity contribution is 7.17. The Bertz CT molecular complexity index is 972.